The van der Waals surface area contributed by atoms with Crippen LogP contribution >= 0.6 is 0 Å². The van der Waals surface area contributed by atoms with Crippen molar-refractivity contribution in [3.8, 4) is 11.8 Å². The van der Waals surface area contributed by atoms with Gasteiger partial charge in [0.1, 0.15) is 5.52 Å². The summed E-state index contributed by atoms with van der Waals surface area (Å²) in [5.74, 6) is 6.66. The molecule has 3 rings (SSSR count). The van der Waals surface area contributed by atoms with Crippen molar-refractivity contribution in [1.82, 2.24) is 15.0 Å². The fourth-order valence-corrected chi connectivity index (χ4v) is 4.12. The second-order valence-corrected chi connectivity index (χ2v) is 8.45. The number of ether oxygens (including phenoxy) is 1. The zero-order valence-electron chi connectivity index (χ0n) is 20.2. The topological polar surface area (TPSA) is 39.9 Å². The van der Waals surface area contributed by atoms with E-state index in [1.54, 1.807) is 0 Å². The molecule has 0 radical (unpaired) electrons. The molecule has 1 aromatic heterocycles. The van der Waals surface area contributed by atoms with E-state index >= 15 is 0 Å². The molecule has 174 valence electrons. The fraction of sp³-hybridized carbons (Fsp3) is 0.448. The van der Waals surface area contributed by atoms with Gasteiger partial charge in [0, 0.05) is 13.0 Å². The summed E-state index contributed by atoms with van der Waals surface area (Å²) in [6.07, 6.45) is 14.8. The number of allylic oxidation sites excluding steroid dienone is 1. The van der Waals surface area contributed by atoms with E-state index in [0.717, 1.165) is 29.4 Å². The van der Waals surface area contributed by atoms with Crippen LogP contribution in [0.1, 0.15) is 77.2 Å². The fourth-order valence-electron chi connectivity index (χ4n) is 4.12. The van der Waals surface area contributed by atoms with Crippen LogP contribution in [0.25, 0.3) is 17.1 Å². The number of hydrogen-bond acceptors (Lipinski definition) is 3. The third kappa shape index (κ3) is 7.30. The van der Waals surface area contributed by atoms with Gasteiger partial charge in [0.2, 0.25) is 5.72 Å². The molecule has 4 heteroatoms. The van der Waals surface area contributed by atoms with Gasteiger partial charge in [0.25, 0.3) is 0 Å². The molecule has 0 aliphatic carbocycles. The van der Waals surface area contributed by atoms with Gasteiger partial charge in [-0.15, -0.1) is 5.10 Å². The number of rotatable bonds is 13. The third-order valence-corrected chi connectivity index (χ3v) is 5.87. The molecule has 0 fully saturated rings. The molecule has 1 unspecified atom stereocenters. The molecule has 0 saturated heterocycles. The Morgan fingerprint density at radius 1 is 0.879 bits per heavy atom. The van der Waals surface area contributed by atoms with Crippen molar-refractivity contribution in [1.29, 1.82) is 0 Å². The molecule has 1 heterocycles. The van der Waals surface area contributed by atoms with E-state index in [4.69, 9.17) is 4.74 Å². The molecule has 1 atom stereocenters. The third-order valence-electron chi connectivity index (χ3n) is 5.87. The number of nitrogens with zero attached hydrogens (tertiary/aromatic N) is 3. The Balaban J connectivity index is 1.78. The van der Waals surface area contributed by atoms with Crippen LogP contribution < -0.4 is 0 Å². The van der Waals surface area contributed by atoms with Gasteiger partial charge in [0.15, 0.2) is 0 Å². The van der Waals surface area contributed by atoms with Crippen LogP contribution in [-0.2, 0) is 10.5 Å². The first-order chi connectivity index (χ1) is 16.3. The highest BCUT2D eigenvalue weighted by molar-refractivity contribution is 5.74. The lowest BCUT2D eigenvalue weighted by Gasteiger charge is -2.29. The quantitative estimate of drug-likeness (QED) is 0.204. The SMILES string of the molecule is CCCCCCCCCCC(C#C/C=C/c1ccccc1)(OCC)n1nnc2ccccc21. The van der Waals surface area contributed by atoms with Crippen LogP contribution in [-0.4, -0.2) is 21.6 Å². The normalized spacial score (nSPS) is 13.2. The summed E-state index contributed by atoms with van der Waals surface area (Å²) >= 11 is 0. The summed E-state index contributed by atoms with van der Waals surface area (Å²) in [5.41, 5.74) is 2.11. The van der Waals surface area contributed by atoms with Crippen LogP contribution in [0.5, 0.6) is 0 Å². The van der Waals surface area contributed by atoms with Crippen LogP contribution in [0.2, 0.25) is 0 Å². The highest BCUT2D eigenvalue weighted by Crippen LogP contribution is 2.28. The van der Waals surface area contributed by atoms with Crippen LogP contribution in [0, 0.1) is 11.8 Å². The lowest BCUT2D eigenvalue weighted by molar-refractivity contribution is -0.0679. The largest absolute Gasteiger partial charge is 0.344 e. The van der Waals surface area contributed by atoms with Crippen molar-refractivity contribution in [3.05, 3.63) is 66.2 Å². The molecular formula is C29H37N3O. The first-order valence-electron chi connectivity index (χ1n) is 12.5. The van der Waals surface area contributed by atoms with Crippen molar-refractivity contribution < 1.29 is 4.74 Å². The van der Waals surface area contributed by atoms with Crippen LogP contribution in [0.4, 0.5) is 0 Å². The van der Waals surface area contributed by atoms with E-state index < -0.39 is 5.72 Å². The summed E-state index contributed by atoms with van der Waals surface area (Å²) in [6, 6.07) is 18.2. The predicted molar refractivity (Wildman–Crippen MR) is 138 cm³/mol. The van der Waals surface area contributed by atoms with Crippen molar-refractivity contribution in [2.45, 2.75) is 77.4 Å². The summed E-state index contributed by atoms with van der Waals surface area (Å²) in [6.45, 7) is 4.84. The molecule has 4 nitrogen and oxygen atoms in total. The lowest BCUT2D eigenvalue weighted by atomic mass is 10.0. The van der Waals surface area contributed by atoms with Gasteiger partial charge in [-0.2, -0.15) is 0 Å². The van der Waals surface area contributed by atoms with E-state index in [2.05, 4.69) is 41.2 Å². The van der Waals surface area contributed by atoms with Gasteiger partial charge in [-0.3, -0.25) is 0 Å². The average Bonchev–Trinajstić information content (AvgIpc) is 3.29. The zero-order chi connectivity index (χ0) is 23.2. The Labute approximate surface area is 199 Å². The number of unbranched alkanes of at least 4 members (excludes halogenated alkanes) is 7. The molecule has 0 aliphatic rings. The minimum absolute atomic E-state index is 0.558. The summed E-state index contributed by atoms with van der Waals surface area (Å²) in [5, 5.41) is 8.86. The number of para-hydroxylation sites is 1. The summed E-state index contributed by atoms with van der Waals surface area (Å²) in [7, 11) is 0. The molecule has 0 bridgehead atoms. The maximum absolute atomic E-state index is 6.35. The second kappa shape index (κ2) is 13.6. The molecular weight excluding hydrogens is 406 g/mol. The first-order valence-corrected chi connectivity index (χ1v) is 12.5. The Bertz CT molecular complexity index is 1040. The van der Waals surface area contributed by atoms with Crippen molar-refractivity contribution in [2.24, 2.45) is 0 Å². The van der Waals surface area contributed by atoms with Gasteiger partial charge in [-0.1, -0.05) is 105 Å². The van der Waals surface area contributed by atoms with Crippen molar-refractivity contribution in [2.75, 3.05) is 6.61 Å². The van der Waals surface area contributed by atoms with Crippen molar-refractivity contribution >= 4 is 17.1 Å². The Hall–Kier alpha value is -2.90. The van der Waals surface area contributed by atoms with Crippen LogP contribution in [0.3, 0.4) is 0 Å². The predicted octanol–water partition coefficient (Wildman–Crippen LogP) is 7.37. The summed E-state index contributed by atoms with van der Waals surface area (Å²) < 4.78 is 8.23. The average molecular weight is 444 g/mol. The monoisotopic (exact) mass is 443 g/mol. The van der Waals surface area contributed by atoms with E-state index in [1.165, 1.54) is 44.9 Å². The minimum atomic E-state index is -0.825. The molecule has 0 N–H and O–H groups in total. The Morgan fingerprint density at radius 3 is 2.33 bits per heavy atom. The van der Waals surface area contributed by atoms with Crippen molar-refractivity contribution in [3.63, 3.8) is 0 Å². The highest BCUT2D eigenvalue weighted by atomic mass is 16.5. The minimum Gasteiger partial charge on any atom is -0.344 e. The maximum Gasteiger partial charge on any atom is 0.226 e. The highest BCUT2D eigenvalue weighted by Gasteiger charge is 2.33. The van der Waals surface area contributed by atoms with E-state index in [9.17, 15) is 0 Å². The second-order valence-electron chi connectivity index (χ2n) is 8.45. The molecule has 0 spiro atoms. The van der Waals surface area contributed by atoms with Gasteiger partial charge in [0.05, 0.1) is 5.52 Å². The number of fused-ring (bicyclic) bond motifs is 1. The number of aromatic nitrogens is 3. The van der Waals surface area contributed by atoms with E-state index in [1.807, 2.05) is 66.2 Å². The van der Waals surface area contributed by atoms with E-state index in [0.29, 0.717) is 6.61 Å². The lowest BCUT2D eigenvalue weighted by Crippen LogP contribution is -2.36. The number of hydrogen-bond donors (Lipinski definition) is 0. The molecule has 0 aliphatic heterocycles. The zero-order valence-corrected chi connectivity index (χ0v) is 20.2. The van der Waals surface area contributed by atoms with Gasteiger partial charge in [-0.25, -0.2) is 4.68 Å². The van der Waals surface area contributed by atoms with Crippen LogP contribution in [0.15, 0.2) is 60.7 Å². The van der Waals surface area contributed by atoms with E-state index in [-0.39, 0.29) is 0 Å². The van der Waals surface area contributed by atoms with Gasteiger partial charge < -0.3 is 4.74 Å². The summed E-state index contributed by atoms with van der Waals surface area (Å²) in [4.78, 5) is 0. The smallest absolute Gasteiger partial charge is 0.226 e. The van der Waals surface area contributed by atoms with Gasteiger partial charge in [-0.05, 0) is 49.1 Å². The molecule has 0 saturated carbocycles. The first kappa shape index (κ1) is 24.7. The standard InChI is InChI=1S/C29H37N3O/c1-3-5-6-7-8-9-10-17-24-29(33-4-2,25-18-16-21-26-19-12-11-13-20-26)32-28-23-15-14-22-27(28)30-31-32/h11-16,19-23H,3-10,17,24H2,1-2H3/b21-16+. The Kier molecular flexibility index (Phi) is 10.2. The van der Waals surface area contributed by atoms with Gasteiger partial charge >= 0.3 is 0 Å². The molecule has 3 aromatic rings. The molecule has 0 amide bonds. The maximum atomic E-state index is 6.35. The number of benzene rings is 2. The Morgan fingerprint density at radius 2 is 1.58 bits per heavy atom. The molecule has 33 heavy (non-hydrogen) atoms. The molecule has 2 aromatic carbocycles.